The lowest BCUT2D eigenvalue weighted by Crippen LogP contribution is -2.42. The summed E-state index contributed by atoms with van der Waals surface area (Å²) in [6.45, 7) is 5.16. The van der Waals surface area contributed by atoms with E-state index in [0.717, 1.165) is 6.42 Å². The predicted octanol–water partition coefficient (Wildman–Crippen LogP) is 1.68. The van der Waals surface area contributed by atoms with Crippen molar-refractivity contribution in [3.8, 4) is 5.75 Å². The van der Waals surface area contributed by atoms with Gasteiger partial charge in [-0.05, 0) is 36.5 Å². The second-order valence-corrected chi connectivity index (χ2v) is 8.20. The summed E-state index contributed by atoms with van der Waals surface area (Å²) in [6, 6.07) is 4.61. The molecule has 0 unspecified atom stereocenters. The van der Waals surface area contributed by atoms with Crippen molar-refractivity contribution in [2.45, 2.75) is 25.2 Å². The van der Waals surface area contributed by atoms with Crippen LogP contribution in [0.3, 0.4) is 0 Å². The van der Waals surface area contributed by atoms with Crippen LogP contribution in [0.15, 0.2) is 23.1 Å². The maximum Gasteiger partial charge on any atom is 0.262 e. The number of carbonyl (C=O) groups is 1. The van der Waals surface area contributed by atoms with Gasteiger partial charge in [-0.2, -0.15) is 4.31 Å². The van der Waals surface area contributed by atoms with E-state index in [9.17, 15) is 13.2 Å². The molecule has 1 aromatic rings. The summed E-state index contributed by atoms with van der Waals surface area (Å²) in [5.74, 6) is 0.916. The van der Waals surface area contributed by atoms with Crippen molar-refractivity contribution in [2.24, 2.45) is 11.8 Å². The van der Waals surface area contributed by atoms with E-state index in [4.69, 9.17) is 4.74 Å². The van der Waals surface area contributed by atoms with Crippen molar-refractivity contribution in [2.75, 3.05) is 25.0 Å². The zero-order valence-electron chi connectivity index (χ0n) is 12.7. The molecule has 6 nitrogen and oxygen atoms in total. The van der Waals surface area contributed by atoms with Crippen LogP contribution in [-0.2, 0) is 14.8 Å². The number of nitrogens with zero attached hydrogens (tertiary/aromatic N) is 1. The Morgan fingerprint density at radius 3 is 2.59 bits per heavy atom. The van der Waals surface area contributed by atoms with Crippen LogP contribution in [-0.4, -0.2) is 38.3 Å². The van der Waals surface area contributed by atoms with Gasteiger partial charge in [-0.3, -0.25) is 4.79 Å². The third-order valence-corrected chi connectivity index (χ3v) is 5.88. The van der Waals surface area contributed by atoms with Gasteiger partial charge < -0.3 is 10.1 Å². The van der Waals surface area contributed by atoms with Crippen LogP contribution in [0.25, 0.3) is 0 Å². The fourth-order valence-corrected chi connectivity index (χ4v) is 4.88. The summed E-state index contributed by atoms with van der Waals surface area (Å²) in [6.07, 6.45) is 1.04. The highest BCUT2D eigenvalue weighted by atomic mass is 32.2. The number of sulfonamides is 1. The summed E-state index contributed by atoms with van der Waals surface area (Å²) < 4.78 is 32.4. The molecule has 0 aliphatic carbocycles. The van der Waals surface area contributed by atoms with Gasteiger partial charge >= 0.3 is 0 Å². The Kier molecular flexibility index (Phi) is 3.86. The maximum absolute atomic E-state index is 12.8. The first kappa shape index (κ1) is 15.3. The summed E-state index contributed by atoms with van der Waals surface area (Å²) in [7, 11) is -3.55. The summed E-state index contributed by atoms with van der Waals surface area (Å²) in [5.41, 5.74) is 0.412. The number of piperidine rings is 1. The Morgan fingerprint density at radius 1 is 1.23 bits per heavy atom. The van der Waals surface area contributed by atoms with Crippen LogP contribution in [0.1, 0.15) is 20.3 Å². The SMILES string of the molecule is C[C@@H]1C[C@H](C)CN(S(=O)(=O)c2ccc3c(c2)NC(=O)CO3)C1. The van der Waals surface area contributed by atoms with E-state index in [2.05, 4.69) is 19.2 Å². The monoisotopic (exact) mass is 324 g/mol. The number of ether oxygens (including phenoxy) is 1. The second kappa shape index (κ2) is 5.55. The third-order valence-electron chi connectivity index (χ3n) is 4.06. The van der Waals surface area contributed by atoms with Crippen LogP contribution in [0.2, 0.25) is 0 Å². The molecule has 7 heteroatoms. The molecule has 0 bridgehead atoms. The van der Waals surface area contributed by atoms with Gasteiger partial charge in [-0.15, -0.1) is 0 Å². The second-order valence-electron chi connectivity index (χ2n) is 6.26. The average molecular weight is 324 g/mol. The van der Waals surface area contributed by atoms with E-state index >= 15 is 0 Å². The summed E-state index contributed by atoms with van der Waals surface area (Å²) in [5, 5.41) is 2.65. The van der Waals surface area contributed by atoms with Crippen molar-refractivity contribution < 1.29 is 17.9 Å². The normalized spacial score (nSPS) is 26.0. The summed E-state index contributed by atoms with van der Waals surface area (Å²) in [4.78, 5) is 11.6. The number of anilines is 1. The first-order valence-corrected chi connectivity index (χ1v) is 8.87. The Hall–Kier alpha value is -1.60. The molecule has 1 amide bonds. The van der Waals surface area contributed by atoms with Crippen LogP contribution >= 0.6 is 0 Å². The van der Waals surface area contributed by atoms with Crippen molar-refractivity contribution in [3.63, 3.8) is 0 Å². The molecule has 3 rings (SSSR count). The first-order chi connectivity index (χ1) is 10.4. The number of amides is 1. The van der Waals surface area contributed by atoms with E-state index in [1.165, 1.54) is 12.1 Å². The Morgan fingerprint density at radius 2 is 1.91 bits per heavy atom. The highest BCUT2D eigenvalue weighted by molar-refractivity contribution is 7.89. The highest BCUT2D eigenvalue weighted by Gasteiger charge is 2.32. The average Bonchev–Trinajstić information content (AvgIpc) is 2.45. The van der Waals surface area contributed by atoms with Crippen molar-refractivity contribution in [1.29, 1.82) is 0 Å². The number of hydrogen-bond acceptors (Lipinski definition) is 4. The van der Waals surface area contributed by atoms with Gasteiger partial charge in [0.1, 0.15) is 5.75 Å². The highest BCUT2D eigenvalue weighted by Crippen LogP contribution is 2.33. The van der Waals surface area contributed by atoms with Crippen molar-refractivity contribution in [3.05, 3.63) is 18.2 Å². The van der Waals surface area contributed by atoms with Gasteiger partial charge in [0.25, 0.3) is 5.91 Å². The Labute approximate surface area is 130 Å². The molecule has 2 aliphatic heterocycles. The van der Waals surface area contributed by atoms with Crippen LogP contribution in [0.5, 0.6) is 5.75 Å². The van der Waals surface area contributed by atoms with Crippen LogP contribution < -0.4 is 10.1 Å². The smallest absolute Gasteiger partial charge is 0.262 e. The molecule has 0 spiro atoms. The van der Waals surface area contributed by atoms with Gasteiger partial charge in [0.2, 0.25) is 10.0 Å². The van der Waals surface area contributed by atoms with Crippen molar-refractivity contribution in [1.82, 2.24) is 4.31 Å². The summed E-state index contributed by atoms with van der Waals surface area (Å²) >= 11 is 0. The molecule has 0 aromatic heterocycles. The molecule has 2 atom stereocenters. The van der Waals surface area contributed by atoms with E-state index in [1.807, 2.05) is 0 Å². The fourth-order valence-electron chi connectivity index (χ4n) is 3.17. The predicted molar refractivity (Wildman–Crippen MR) is 82.3 cm³/mol. The Bertz CT molecular complexity index is 691. The van der Waals surface area contributed by atoms with E-state index in [1.54, 1.807) is 10.4 Å². The Balaban J connectivity index is 1.92. The molecule has 2 aliphatic rings. The molecule has 1 fully saturated rings. The maximum atomic E-state index is 12.8. The van der Waals surface area contributed by atoms with Gasteiger partial charge in [-0.1, -0.05) is 13.8 Å². The van der Waals surface area contributed by atoms with Crippen molar-refractivity contribution >= 4 is 21.6 Å². The molecule has 2 heterocycles. The molecule has 1 saturated heterocycles. The molecule has 1 N–H and O–H groups in total. The van der Waals surface area contributed by atoms with E-state index in [0.29, 0.717) is 36.4 Å². The standard InChI is InChI=1S/C15H20N2O4S/c1-10-5-11(2)8-17(7-10)22(19,20)12-3-4-14-13(6-12)16-15(18)9-21-14/h3-4,6,10-11H,5,7-9H2,1-2H3,(H,16,18)/t10-,11+. The number of carbonyl (C=O) groups excluding carboxylic acids is 1. The van der Waals surface area contributed by atoms with Crippen LogP contribution in [0.4, 0.5) is 5.69 Å². The zero-order chi connectivity index (χ0) is 15.9. The van der Waals surface area contributed by atoms with Gasteiger partial charge in [-0.25, -0.2) is 8.42 Å². The van der Waals surface area contributed by atoms with E-state index < -0.39 is 10.0 Å². The van der Waals surface area contributed by atoms with Gasteiger partial charge in [0, 0.05) is 13.1 Å². The lowest BCUT2D eigenvalue weighted by atomic mass is 9.94. The molecule has 1 aromatic carbocycles. The molecular weight excluding hydrogens is 304 g/mol. The molecule has 120 valence electrons. The fraction of sp³-hybridized carbons (Fsp3) is 0.533. The minimum absolute atomic E-state index is 0.0414. The minimum Gasteiger partial charge on any atom is -0.482 e. The number of fused-ring (bicyclic) bond motifs is 1. The number of nitrogens with one attached hydrogen (secondary N) is 1. The quantitative estimate of drug-likeness (QED) is 0.898. The first-order valence-electron chi connectivity index (χ1n) is 7.43. The van der Waals surface area contributed by atoms with Gasteiger partial charge in [0.15, 0.2) is 6.61 Å². The van der Waals surface area contributed by atoms with Gasteiger partial charge in [0.05, 0.1) is 10.6 Å². The molecule has 0 radical (unpaired) electrons. The zero-order valence-corrected chi connectivity index (χ0v) is 13.5. The van der Waals surface area contributed by atoms with Crippen LogP contribution in [0, 0.1) is 11.8 Å². The van der Waals surface area contributed by atoms with E-state index in [-0.39, 0.29) is 17.4 Å². The molecular formula is C15H20N2O4S. The molecule has 0 saturated carbocycles. The topological polar surface area (TPSA) is 75.7 Å². The minimum atomic E-state index is -3.55. The lowest BCUT2D eigenvalue weighted by Gasteiger charge is -2.34. The third kappa shape index (κ3) is 2.83. The lowest BCUT2D eigenvalue weighted by molar-refractivity contribution is -0.118. The number of rotatable bonds is 2. The number of benzene rings is 1. The largest absolute Gasteiger partial charge is 0.482 e. The number of hydrogen-bond donors (Lipinski definition) is 1. The molecule has 22 heavy (non-hydrogen) atoms.